The Hall–Kier alpha value is -2.37. The van der Waals surface area contributed by atoms with Gasteiger partial charge in [-0.05, 0) is 24.1 Å². The molecular weight excluding hydrogens is 328 g/mol. The molecule has 1 heterocycles. The second-order valence-corrected chi connectivity index (χ2v) is 6.61. The third kappa shape index (κ3) is 5.31. The number of rotatable bonds is 8. The quantitative estimate of drug-likeness (QED) is 0.739. The zero-order valence-electron chi connectivity index (χ0n) is 15.0. The van der Waals surface area contributed by atoms with Crippen LogP contribution in [0.2, 0.25) is 0 Å². The van der Waals surface area contributed by atoms with Crippen molar-refractivity contribution in [3.63, 3.8) is 0 Å². The Labute approximate surface area is 154 Å². The summed E-state index contributed by atoms with van der Waals surface area (Å²) in [6.45, 7) is 6.83. The first kappa shape index (κ1) is 18.4. The van der Waals surface area contributed by atoms with Crippen LogP contribution in [0.15, 0.2) is 54.6 Å². The molecule has 138 valence electrons. The fourth-order valence-corrected chi connectivity index (χ4v) is 3.25. The molecule has 0 saturated carbocycles. The Morgan fingerprint density at radius 3 is 2.31 bits per heavy atom. The van der Waals surface area contributed by atoms with Gasteiger partial charge in [0.25, 0.3) is 0 Å². The molecule has 0 atom stereocenters. The normalized spacial score (nSPS) is 15.7. The van der Waals surface area contributed by atoms with Crippen molar-refractivity contribution >= 4 is 5.97 Å². The van der Waals surface area contributed by atoms with E-state index in [4.69, 9.17) is 9.84 Å². The van der Waals surface area contributed by atoms with Gasteiger partial charge in [0.1, 0.15) is 11.3 Å². The van der Waals surface area contributed by atoms with E-state index >= 15 is 0 Å². The van der Waals surface area contributed by atoms with Crippen molar-refractivity contribution in [3.8, 4) is 5.75 Å². The van der Waals surface area contributed by atoms with Gasteiger partial charge in [-0.25, -0.2) is 4.79 Å². The molecule has 5 heteroatoms. The van der Waals surface area contributed by atoms with Gasteiger partial charge in [0.2, 0.25) is 0 Å². The first-order chi connectivity index (χ1) is 12.7. The molecule has 0 bridgehead atoms. The Morgan fingerprint density at radius 1 is 0.923 bits per heavy atom. The van der Waals surface area contributed by atoms with Crippen LogP contribution in [-0.4, -0.2) is 60.2 Å². The van der Waals surface area contributed by atoms with E-state index in [0.717, 1.165) is 45.7 Å². The summed E-state index contributed by atoms with van der Waals surface area (Å²) in [6, 6.07) is 17.4. The van der Waals surface area contributed by atoms with Gasteiger partial charge in [0, 0.05) is 39.3 Å². The first-order valence-electron chi connectivity index (χ1n) is 9.16. The highest BCUT2D eigenvalue weighted by Crippen LogP contribution is 2.18. The monoisotopic (exact) mass is 354 g/mol. The standard InChI is InChI=1S/C21H26N2O3/c24-21(25)19-9-4-5-10-20(19)26-16-6-11-22-12-14-23(15-13-22)17-18-7-2-1-3-8-18/h1-5,7-10H,6,11-17H2,(H,24,25). The third-order valence-electron chi connectivity index (χ3n) is 4.71. The number of carboxylic acids is 1. The molecule has 26 heavy (non-hydrogen) atoms. The van der Waals surface area contributed by atoms with Gasteiger partial charge in [-0.1, -0.05) is 42.5 Å². The minimum absolute atomic E-state index is 0.224. The molecule has 1 saturated heterocycles. The minimum atomic E-state index is -0.949. The molecule has 0 unspecified atom stereocenters. The van der Waals surface area contributed by atoms with Crippen LogP contribution in [0, 0.1) is 0 Å². The Balaban J connectivity index is 1.35. The lowest BCUT2D eigenvalue weighted by molar-refractivity contribution is 0.0691. The highest BCUT2D eigenvalue weighted by atomic mass is 16.5. The summed E-state index contributed by atoms with van der Waals surface area (Å²) in [5.41, 5.74) is 1.59. The van der Waals surface area contributed by atoms with E-state index in [1.165, 1.54) is 5.56 Å². The van der Waals surface area contributed by atoms with Gasteiger partial charge < -0.3 is 14.7 Å². The molecule has 0 amide bonds. The number of hydrogen-bond acceptors (Lipinski definition) is 4. The molecule has 1 fully saturated rings. The predicted octanol–water partition coefficient (Wildman–Crippen LogP) is 2.97. The molecule has 2 aromatic carbocycles. The van der Waals surface area contributed by atoms with Gasteiger partial charge >= 0.3 is 5.97 Å². The molecule has 5 nitrogen and oxygen atoms in total. The number of ether oxygens (including phenoxy) is 1. The molecular formula is C21H26N2O3. The average molecular weight is 354 g/mol. The largest absolute Gasteiger partial charge is 0.493 e. The van der Waals surface area contributed by atoms with Crippen LogP contribution in [0.4, 0.5) is 0 Å². The maximum Gasteiger partial charge on any atom is 0.339 e. The van der Waals surface area contributed by atoms with Crippen LogP contribution in [-0.2, 0) is 6.54 Å². The predicted molar refractivity (Wildman–Crippen MR) is 102 cm³/mol. The maximum atomic E-state index is 11.2. The van der Waals surface area contributed by atoms with Gasteiger partial charge in [-0.15, -0.1) is 0 Å². The lowest BCUT2D eigenvalue weighted by Crippen LogP contribution is -2.46. The number of carboxylic acid groups (broad SMARTS) is 1. The van der Waals surface area contributed by atoms with Crippen molar-refractivity contribution in [2.45, 2.75) is 13.0 Å². The fraction of sp³-hybridized carbons (Fsp3) is 0.381. The summed E-state index contributed by atoms with van der Waals surface area (Å²) in [5, 5.41) is 9.16. The average Bonchev–Trinajstić information content (AvgIpc) is 2.67. The van der Waals surface area contributed by atoms with E-state index in [1.807, 2.05) is 0 Å². The number of aromatic carboxylic acids is 1. The smallest absolute Gasteiger partial charge is 0.339 e. The highest BCUT2D eigenvalue weighted by Gasteiger charge is 2.16. The maximum absolute atomic E-state index is 11.2. The van der Waals surface area contributed by atoms with Crippen LogP contribution >= 0.6 is 0 Å². The van der Waals surface area contributed by atoms with E-state index < -0.39 is 5.97 Å². The zero-order valence-corrected chi connectivity index (χ0v) is 15.0. The Bertz CT molecular complexity index is 697. The number of nitrogens with zero attached hydrogens (tertiary/aromatic N) is 2. The zero-order chi connectivity index (χ0) is 18.2. The summed E-state index contributed by atoms with van der Waals surface area (Å²) in [5.74, 6) is -0.497. The summed E-state index contributed by atoms with van der Waals surface area (Å²) in [6.07, 6.45) is 0.895. The molecule has 0 radical (unpaired) electrons. The molecule has 0 aromatic heterocycles. The Morgan fingerprint density at radius 2 is 1.58 bits per heavy atom. The van der Waals surface area contributed by atoms with E-state index in [9.17, 15) is 4.79 Å². The van der Waals surface area contributed by atoms with Crippen LogP contribution in [0.25, 0.3) is 0 Å². The number of piperazine rings is 1. The highest BCUT2D eigenvalue weighted by molar-refractivity contribution is 5.90. The van der Waals surface area contributed by atoms with Crippen molar-refractivity contribution in [2.75, 3.05) is 39.3 Å². The first-order valence-corrected chi connectivity index (χ1v) is 9.16. The Kier molecular flexibility index (Phi) is 6.63. The number of hydrogen-bond donors (Lipinski definition) is 1. The lowest BCUT2D eigenvalue weighted by Gasteiger charge is -2.34. The van der Waals surface area contributed by atoms with Gasteiger partial charge in [0.15, 0.2) is 0 Å². The fourth-order valence-electron chi connectivity index (χ4n) is 3.25. The number of para-hydroxylation sites is 1. The van der Waals surface area contributed by atoms with Crippen molar-refractivity contribution < 1.29 is 14.6 Å². The van der Waals surface area contributed by atoms with Gasteiger partial charge in [-0.2, -0.15) is 0 Å². The SMILES string of the molecule is O=C(O)c1ccccc1OCCCN1CCN(Cc2ccccc2)CC1. The van der Waals surface area contributed by atoms with Crippen molar-refractivity contribution in [2.24, 2.45) is 0 Å². The number of carbonyl (C=O) groups is 1. The summed E-state index contributed by atoms with van der Waals surface area (Å²) < 4.78 is 5.67. The summed E-state index contributed by atoms with van der Waals surface area (Å²) >= 11 is 0. The minimum Gasteiger partial charge on any atom is -0.493 e. The molecule has 3 rings (SSSR count). The topological polar surface area (TPSA) is 53.0 Å². The lowest BCUT2D eigenvalue weighted by atomic mass is 10.2. The molecule has 0 aliphatic carbocycles. The summed E-state index contributed by atoms with van der Waals surface area (Å²) in [7, 11) is 0. The van der Waals surface area contributed by atoms with Crippen LogP contribution < -0.4 is 4.74 Å². The van der Waals surface area contributed by atoms with Crippen molar-refractivity contribution in [3.05, 3.63) is 65.7 Å². The second-order valence-electron chi connectivity index (χ2n) is 6.61. The van der Waals surface area contributed by atoms with E-state index in [0.29, 0.717) is 12.4 Å². The van der Waals surface area contributed by atoms with E-state index in [-0.39, 0.29) is 5.56 Å². The third-order valence-corrected chi connectivity index (χ3v) is 4.71. The molecule has 1 aliphatic heterocycles. The van der Waals surface area contributed by atoms with Crippen LogP contribution in [0.3, 0.4) is 0 Å². The molecule has 1 N–H and O–H groups in total. The molecule has 1 aliphatic rings. The molecule has 2 aromatic rings. The van der Waals surface area contributed by atoms with Crippen LogP contribution in [0.1, 0.15) is 22.3 Å². The van der Waals surface area contributed by atoms with Crippen molar-refractivity contribution in [1.82, 2.24) is 9.80 Å². The van der Waals surface area contributed by atoms with E-state index in [1.54, 1.807) is 24.3 Å². The van der Waals surface area contributed by atoms with E-state index in [2.05, 4.69) is 40.1 Å². The van der Waals surface area contributed by atoms with Crippen LogP contribution in [0.5, 0.6) is 5.75 Å². The van der Waals surface area contributed by atoms with Crippen molar-refractivity contribution in [1.29, 1.82) is 0 Å². The summed E-state index contributed by atoms with van der Waals surface area (Å²) in [4.78, 5) is 16.1. The molecule has 0 spiro atoms. The second kappa shape index (κ2) is 9.36. The van der Waals surface area contributed by atoms with Gasteiger partial charge in [0.05, 0.1) is 6.61 Å². The number of benzene rings is 2. The van der Waals surface area contributed by atoms with Gasteiger partial charge in [-0.3, -0.25) is 4.90 Å².